The Morgan fingerprint density at radius 1 is 1.33 bits per heavy atom. The zero-order chi connectivity index (χ0) is 13.6. The van der Waals surface area contributed by atoms with Crippen LogP contribution in [0.3, 0.4) is 0 Å². The van der Waals surface area contributed by atoms with E-state index in [2.05, 4.69) is 0 Å². The Hall–Kier alpha value is -0.780. The summed E-state index contributed by atoms with van der Waals surface area (Å²) in [6, 6.07) is 5.28. The number of benzene rings is 1. The highest BCUT2D eigenvalue weighted by atomic mass is 35.5. The maximum atomic E-state index is 11.5. The van der Waals surface area contributed by atoms with E-state index in [-0.39, 0.29) is 18.1 Å². The Balaban J connectivity index is 2.64. The first-order valence-electron chi connectivity index (χ1n) is 5.81. The van der Waals surface area contributed by atoms with Gasteiger partial charge in [0, 0.05) is 12.1 Å². The van der Waals surface area contributed by atoms with E-state index in [1.54, 1.807) is 12.1 Å². The molecule has 4 nitrogen and oxygen atoms in total. The van der Waals surface area contributed by atoms with Gasteiger partial charge >= 0.3 is 0 Å². The Morgan fingerprint density at radius 2 is 2.06 bits per heavy atom. The monoisotopic (exact) mass is 291 g/mol. The van der Waals surface area contributed by atoms with Crippen LogP contribution in [0.5, 0.6) is 5.75 Å². The van der Waals surface area contributed by atoms with Crippen LogP contribution >= 0.6 is 11.6 Å². The topological polar surface area (TPSA) is 69.4 Å². The van der Waals surface area contributed by atoms with E-state index >= 15 is 0 Å². The molecule has 0 aromatic heterocycles. The number of sulfone groups is 1. The molecular formula is C12H18ClNO3S. The molecule has 1 aromatic carbocycles. The molecule has 102 valence electrons. The summed E-state index contributed by atoms with van der Waals surface area (Å²) in [5.74, 6) is 0.659. The van der Waals surface area contributed by atoms with Gasteiger partial charge in [-0.1, -0.05) is 30.7 Å². The first-order valence-corrected chi connectivity index (χ1v) is 8.00. The fourth-order valence-electron chi connectivity index (χ4n) is 1.56. The van der Waals surface area contributed by atoms with Crippen LogP contribution in [-0.2, 0) is 16.4 Å². The average Bonchev–Trinajstić information content (AvgIpc) is 2.30. The summed E-state index contributed by atoms with van der Waals surface area (Å²) in [6.45, 7) is 2.23. The molecule has 0 amide bonds. The number of hydrogen-bond acceptors (Lipinski definition) is 4. The number of ether oxygens (including phenoxy) is 1. The van der Waals surface area contributed by atoms with Crippen LogP contribution in [-0.4, -0.2) is 26.5 Å². The number of nitrogens with two attached hydrogens (primary N) is 1. The third-order valence-corrected chi connectivity index (χ3v) is 4.54. The van der Waals surface area contributed by atoms with Crippen LogP contribution < -0.4 is 10.5 Å². The van der Waals surface area contributed by atoms with Crippen molar-refractivity contribution in [3.63, 3.8) is 0 Å². The summed E-state index contributed by atoms with van der Waals surface area (Å²) in [7, 11) is -3.03. The summed E-state index contributed by atoms with van der Waals surface area (Å²) < 4.78 is 28.5. The minimum atomic E-state index is -3.03. The normalized spacial score (nSPS) is 11.5. The van der Waals surface area contributed by atoms with Crippen molar-refractivity contribution in [2.45, 2.75) is 19.9 Å². The van der Waals surface area contributed by atoms with E-state index in [1.165, 1.54) is 0 Å². The molecule has 0 heterocycles. The summed E-state index contributed by atoms with van der Waals surface area (Å²) in [4.78, 5) is 0. The van der Waals surface area contributed by atoms with Crippen LogP contribution in [0, 0.1) is 0 Å². The third-order valence-electron chi connectivity index (χ3n) is 2.42. The molecule has 0 radical (unpaired) electrons. The van der Waals surface area contributed by atoms with Crippen LogP contribution in [0.1, 0.15) is 18.9 Å². The van der Waals surface area contributed by atoms with Crippen molar-refractivity contribution < 1.29 is 13.2 Å². The summed E-state index contributed by atoms with van der Waals surface area (Å²) >= 11 is 5.99. The molecular weight excluding hydrogens is 274 g/mol. The fraction of sp³-hybridized carbons (Fsp3) is 0.500. The molecule has 0 saturated heterocycles. The fourth-order valence-corrected chi connectivity index (χ4v) is 2.97. The van der Waals surface area contributed by atoms with Gasteiger partial charge in [0.15, 0.2) is 9.84 Å². The SMILES string of the molecule is CCCS(=O)(=O)CCOc1c(Cl)cccc1CN. The Morgan fingerprint density at radius 3 is 2.67 bits per heavy atom. The maximum absolute atomic E-state index is 11.5. The summed E-state index contributed by atoms with van der Waals surface area (Å²) in [5.41, 5.74) is 6.34. The van der Waals surface area contributed by atoms with Gasteiger partial charge in [-0.3, -0.25) is 0 Å². The summed E-state index contributed by atoms with van der Waals surface area (Å²) in [5, 5.41) is 0.450. The highest BCUT2D eigenvalue weighted by molar-refractivity contribution is 7.91. The van der Waals surface area contributed by atoms with Crippen LogP contribution in [0.15, 0.2) is 18.2 Å². The van der Waals surface area contributed by atoms with Gasteiger partial charge in [0.05, 0.1) is 16.5 Å². The molecule has 6 heteroatoms. The van der Waals surface area contributed by atoms with Gasteiger partial charge in [-0.25, -0.2) is 8.42 Å². The molecule has 2 N–H and O–H groups in total. The van der Waals surface area contributed by atoms with E-state index in [9.17, 15) is 8.42 Å². The van der Waals surface area contributed by atoms with Gasteiger partial charge < -0.3 is 10.5 Å². The van der Waals surface area contributed by atoms with Crippen LogP contribution in [0.2, 0.25) is 5.02 Å². The molecule has 0 fully saturated rings. The lowest BCUT2D eigenvalue weighted by Gasteiger charge is -2.12. The predicted octanol–water partition coefficient (Wildman–Crippen LogP) is 2.00. The third kappa shape index (κ3) is 4.48. The predicted molar refractivity (Wildman–Crippen MR) is 73.8 cm³/mol. The molecule has 0 bridgehead atoms. The lowest BCUT2D eigenvalue weighted by molar-refractivity contribution is 0.337. The second-order valence-electron chi connectivity index (χ2n) is 3.93. The number of halogens is 1. The lowest BCUT2D eigenvalue weighted by atomic mass is 10.2. The van der Waals surface area contributed by atoms with E-state index < -0.39 is 9.84 Å². The Bertz CT molecular complexity index is 488. The van der Waals surface area contributed by atoms with Gasteiger partial charge in [0.25, 0.3) is 0 Å². The van der Waals surface area contributed by atoms with Crippen molar-refractivity contribution in [3.8, 4) is 5.75 Å². The largest absolute Gasteiger partial charge is 0.491 e. The Labute approximate surface area is 113 Å². The molecule has 18 heavy (non-hydrogen) atoms. The smallest absolute Gasteiger partial charge is 0.153 e. The molecule has 1 rings (SSSR count). The van der Waals surface area contributed by atoms with Crippen molar-refractivity contribution in [1.82, 2.24) is 0 Å². The van der Waals surface area contributed by atoms with Crippen LogP contribution in [0.25, 0.3) is 0 Å². The van der Waals surface area contributed by atoms with E-state index in [1.807, 2.05) is 13.0 Å². The average molecular weight is 292 g/mol. The standard InChI is InChI=1S/C12H18ClNO3S/c1-2-7-18(15,16)8-6-17-12-10(9-14)4-3-5-11(12)13/h3-5H,2,6-9,14H2,1H3. The van der Waals surface area contributed by atoms with E-state index in [4.69, 9.17) is 22.1 Å². The number of para-hydroxylation sites is 1. The zero-order valence-corrected chi connectivity index (χ0v) is 11.9. The second-order valence-corrected chi connectivity index (χ2v) is 6.64. The number of hydrogen-bond donors (Lipinski definition) is 1. The van der Waals surface area contributed by atoms with Crippen molar-refractivity contribution in [1.29, 1.82) is 0 Å². The van der Waals surface area contributed by atoms with Gasteiger partial charge in [0.2, 0.25) is 0 Å². The van der Waals surface area contributed by atoms with Gasteiger partial charge in [-0.15, -0.1) is 0 Å². The molecule has 1 aromatic rings. The van der Waals surface area contributed by atoms with Gasteiger partial charge in [0.1, 0.15) is 12.4 Å². The van der Waals surface area contributed by atoms with Crippen molar-refractivity contribution >= 4 is 21.4 Å². The highest BCUT2D eigenvalue weighted by Crippen LogP contribution is 2.28. The molecule has 0 aliphatic carbocycles. The molecule has 0 unspecified atom stereocenters. The molecule has 0 spiro atoms. The highest BCUT2D eigenvalue weighted by Gasteiger charge is 2.12. The molecule has 0 aliphatic rings. The molecule has 0 aliphatic heterocycles. The lowest BCUT2D eigenvalue weighted by Crippen LogP contribution is -2.17. The van der Waals surface area contributed by atoms with Crippen molar-refractivity contribution in [2.75, 3.05) is 18.1 Å². The first kappa shape index (κ1) is 15.3. The minimum Gasteiger partial charge on any atom is -0.491 e. The van der Waals surface area contributed by atoms with E-state index in [0.29, 0.717) is 23.7 Å². The van der Waals surface area contributed by atoms with Crippen LogP contribution in [0.4, 0.5) is 0 Å². The molecule has 0 atom stereocenters. The summed E-state index contributed by atoms with van der Waals surface area (Å²) in [6.07, 6.45) is 0.614. The molecule has 0 saturated carbocycles. The number of rotatable bonds is 7. The van der Waals surface area contributed by atoms with Crippen molar-refractivity contribution in [3.05, 3.63) is 28.8 Å². The van der Waals surface area contributed by atoms with E-state index in [0.717, 1.165) is 5.56 Å². The zero-order valence-electron chi connectivity index (χ0n) is 10.4. The second kappa shape index (κ2) is 6.97. The van der Waals surface area contributed by atoms with Gasteiger partial charge in [-0.2, -0.15) is 0 Å². The van der Waals surface area contributed by atoms with Gasteiger partial charge in [-0.05, 0) is 12.5 Å². The minimum absolute atomic E-state index is 0.00389. The van der Waals surface area contributed by atoms with Crippen molar-refractivity contribution in [2.24, 2.45) is 5.73 Å². The Kier molecular flexibility index (Phi) is 5.91. The first-order chi connectivity index (χ1) is 8.50. The maximum Gasteiger partial charge on any atom is 0.153 e. The quantitative estimate of drug-likeness (QED) is 0.834.